The lowest BCUT2D eigenvalue weighted by Crippen LogP contribution is -2.07. The number of carbonyl (C=O) groups is 1. The molecule has 0 atom stereocenters. The molecular weight excluding hydrogens is 420 g/mol. The van der Waals surface area contributed by atoms with Crippen molar-refractivity contribution in [2.45, 2.75) is 6.61 Å². The molecule has 160 valence electrons. The van der Waals surface area contributed by atoms with Gasteiger partial charge in [0.2, 0.25) is 5.91 Å². The van der Waals surface area contributed by atoms with Crippen LogP contribution >= 0.6 is 11.3 Å². The van der Waals surface area contributed by atoms with Crippen LogP contribution in [-0.2, 0) is 11.4 Å². The largest absolute Gasteiger partial charge is 0.493 e. The first kappa shape index (κ1) is 21.3. The Kier molecular flexibility index (Phi) is 6.94. The van der Waals surface area contributed by atoms with Gasteiger partial charge in [-0.15, -0.1) is 11.3 Å². The van der Waals surface area contributed by atoms with Crippen LogP contribution in [0.25, 0.3) is 17.3 Å². The summed E-state index contributed by atoms with van der Waals surface area (Å²) in [5.74, 6) is 1.01. The Hall–Kier alpha value is -3.90. The van der Waals surface area contributed by atoms with Gasteiger partial charge in [0.25, 0.3) is 0 Å². The third kappa shape index (κ3) is 5.62. The van der Waals surface area contributed by atoms with Crippen LogP contribution in [0.5, 0.6) is 11.5 Å². The maximum atomic E-state index is 12.3. The number of ether oxygens (including phenoxy) is 2. The second-order valence-electron chi connectivity index (χ2n) is 6.91. The fourth-order valence-corrected chi connectivity index (χ4v) is 3.76. The summed E-state index contributed by atoms with van der Waals surface area (Å²) in [5.41, 5.74) is 3.76. The second-order valence-corrected chi connectivity index (χ2v) is 7.77. The number of benzene rings is 3. The lowest BCUT2D eigenvalue weighted by atomic mass is 10.2. The molecule has 0 aliphatic heterocycles. The summed E-state index contributed by atoms with van der Waals surface area (Å²) in [7, 11) is 1.59. The van der Waals surface area contributed by atoms with E-state index in [-0.39, 0.29) is 5.91 Å². The number of methoxy groups -OCH3 is 1. The summed E-state index contributed by atoms with van der Waals surface area (Å²) in [4.78, 5) is 16.8. The highest BCUT2D eigenvalue weighted by Gasteiger charge is 2.08. The third-order valence-electron chi connectivity index (χ3n) is 4.66. The fraction of sp³-hybridized carbons (Fsp3) is 0.0769. The molecule has 0 spiro atoms. The van der Waals surface area contributed by atoms with Crippen molar-refractivity contribution in [2.75, 3.05) is 12.4 Å². The minimum atomic E-state index is -0.248. The van der Waals surface area contributed by atoms with E-state index in [4.69, 9.17) is 9.47 Å². The zero-order valence-corrected chi connectivity index (χ0v) is 18.3. The lowest BCUT2D eigenvalue weighted by Gasteiger charge is -2.11. The number of amides is 1. The van der Waals surface area contributed by atoms with Crippen LogP contribution in [0.2, 0.25) is 0 Å². The smallest absolute Gasteiger partial charge is 0.250 e. The highest BCUT2D eigenvalue weighted by atomic mass is 32.1. The third-order valence-corrected chi connectivity index (χ3v) is 5.41. The van der Waals surface area contributed by atoms with Crippen LogP contribution in [0, 0.1) is 0 Å². The van der Waals surface area contributed by atoms with Gasteiger partial charge in [-0.05, 0) is 29.3 Å². The first-order valence-corrected chi connectivity index (χ1v) is 10.9. The van der Waals surface area contributed by atoms with Crippen molar-refractivity contribution < 1.29 is 14.3 Å². The van der Waals surface area contributed by atoms with E-state index in [0.717, 1.165) is 22.4 Å². The Morgan fingerprint density at radius 3 is 2.50 bits per heavy atom. The molecule has 0 radical (unpaired) electrons. The molecule has 0 saturated heterocycles. The van der Waals surface area contributed by atoms with Crippen molar-refractivity contribution in [1.82, 2.24) is 4.98 Å². The number of hydrogen-bond acceptors (Lipinski definition) is 5. The van der Waals surface area contributed by atoms with E-state index >= 15 is 0 Å². The maximum Gasteiger partial charge on any atom is 0.250 e. The predicted molar refractivity (Wildman–Crippen MR) is 129 cm³/mol. The highest BCUT2D eigenvalue weighted by Crippen LogP contribution is 2.29. The standard InChI is InChI=1S/C26H22N2O3S/c1-30-24-16-19(12-14-23(24)31-17-20-8-4-2-5-9-20)13-15-25(29)28-26-27-22(18-32-26)21-10-6-3-7-11-21/h2-16,18H,17H2,1H3,(H,27,28,29). The summed E-state index contributed by atoms with van der Waals surface area (Å²) in [6.45, 7) is 0.452. The molecule has 1 aromatic heterocycles. The van der Waals surface area contributed by atoms with E-state index in [1.807, 2.05) is 84.2 Å². The lowest BCUT2D eigenvalue weighted by molar-refractivity contribution is -0.111. The van der Waals surface area contributed by atoms with E-state index in [0.29, 0.717) is 23.2 Å². The second kappa shape index (κ2) is 10.4. The molecule has 5 nitrogen and oxygen atoms in total. The molecule has 3 aromatic carbocycles. The van der Waals surface area contributed by atoms with E-state index in [2.05, 4.69) is 10.3 Å². The minimum absolute atomic E-state index is 0.248. The van der Waals surface area contributed by atoms with Gasteiger partial charge in [0.1, 0.15) is 6.61 Å². The summed E-state index contributed by atoms with van der Waals surface area (Å²) in [6.07, 6.45) is 3.20. The molecule has 0 aliphatic rings. The number of hydrogen-bond donors (Lipinski definition) is 1. The molecule has 6 heteroatoms. The van der Waals surface area contributed by atoms with E-state index < -0.39 is 0 Å². The van der Waals surface area contributed by atoms with E-state index in [1.165, 1.54) is 17.4 Å². The Morgan fingerprint density at radius 2 is 1.75 bits per heavy atom. The van der Waals surface area contributed by atoms with Gasteiger partial charge < -0.3 is 9.47 Å². The van der Waals surface area contributed by atoms with Crippen LogP contribution in [0.3, 0.4) is 0 Å². The minimum Gasteiger partial charge on any atom is -0.493 e. The number of aromatic nitrogens is 1. The first-order valence-electron chi connectivity index (χ1n) is 10.1. The summed E-state index contributed by atoms with van der Waals surface area (Å²) < 4.78 is 11.3. The van der Waals surface area contributed by atoms with Gasteiger partial charge in [0, 0.05) is 17.0 Å². The Morgan fingerprint density at radius 1 is 1.00 bits per heavy atom. The number of anilines is 1. The van der Waals surface area contributed by atoms with Crippen LogP contribution < -0.4 is 14.8 Å². The van der Waals surface area contributed by atoms with Gasteiger partial charge in [-0.1, -0.05) is 66.7 Å². The molecule has 0 saturated carbocycles. The molecule has 0 aliphatic carbocycles. The zero-order valence-electron chi connectivity index (χ0n) is 17.5. The average molecular weight is 443 g/mol. The molecule has 1 amide bonds. The van der Waals surface area contributed by atoms with Gasteiger partial charge in [0.05, 0.1) is 12.8 Å². The van der Waals surface area contributed by atoms with E-state index in [9.17, 15) is 4.79 Å². The maximum absolute atomic E-state index is 12.3. The molecule has 4 aromatic rings. The molecule has 1 heterocycles. The average Bonchev–Trinajstić information content (AvgIpc) is 3.31. The number of carbonyl (C=O) groups excluding carboxylic acids is 1. The van der Waals surface area contributed by atoms with Crippen LogP contribution in [0.4, 0.5) is 5.13 Å². The monoisotopic (exact) mass is 442 g/mol. The molecule has 32 heavy (non-hydrogen) atoms. The van der Waals surface area contributed by atoms with Gasteiger partial charge in [-0.25, -0.2) is 4.98 Å². The molecule has 4 rings (SSSR count). The quantitative estimate of drug-likeness (QED) is 0.338. The summed E-state index contributed by atoms with van der Waals surface area (Å²) in [6, 6.07) is 25.3. The van der Waals surface area contributed by atoms with Gasteiger partial charge in [-0.3, -0.25) is 10.1 Å². The van der Waals surface area contributed by atoms with Crippen LogP contribution in [0.1, 0.15) is 11.1 Å². The Balaban J connectivity index is 1.37. The fourth-order valence-electron chi connectivity index (χ4n) is 3.03. The van der Waals surface area contributed by atoms with Crippen molar-refractivity contribution in [2.24, 2.45) is 0 Å². The summed E-state index contributed by atoms with van der Waals surface area (Å²) in [5, 5.41) is 5.29. The molecule has 0 unspecified atom stereocenters. The van der Waals surface area contributed by atoms with Crippen molar-refractivity contribution >= 4 is 28.5 Å². The number of nitrogens with one attached hydrogen (secondary N) is 1. The van der Waals surface area contributed by atoms with Gasteiger partial charge in [0.15, 0.2) is 16.6 Å². The van der Waals surface area contributed by atoms with Gasteiger partial charge >= 0.3 is 0 Å². The summed E-state index contributed by atoms with van der Waals surface area (Å²) >= 11 is 1.39. The molecule has 1 N–H and O–H groups in total. The number of rotatable bonds is 8. The normalized spacial score (nSPS) is 10.8. The predicted octanol–water partition coefficient (Wildman–Crippen LogP) is 6.05. The Bertz CT molecular complexity index is 1200. The van der Waals surface area contributed by atoms with Crippen LogP contribution in [-0.4, -0.2) is 18.0 Å². The first-order chi connectivity index (χ1) is 15.7. The zero-order chi connectivity index (χ0) is 22.2. The van der Waals surface area contributed by atoms with E-state index in [1.54, 1.807) is 13.2 Å². The topological polar surface area (TPSA) is 60.5 Å². The molecular formula is C26H22N2O3S. The van der Waals surface area contributed by atoms with Crippen molar-refractivity contribution in [1.29, 1.82) is 0 Å². The Labute approximate surface area is 191 Å². The highest BCUT2D eigenvalue weighted by molar-refractivity contribution is 7.14. The van der Waals surface area contributed by atoms with Crippen molar-refractivity contribution in [3.05, 3.63) is 101 Å². The molecule has 0 fully saturated rings. The number of thiazole rings is 1. The SMILES string of the molecule is COc1cc(C=CC(=O)Nc2nc(-c3ccccc3)cs2)ccc1OCc1ccccc1. The van der Waals surface area contributed by atoms with Crippen molar-refractivity contribution in [3.8, 4) is 22.8 Å². The van der Waals surface area contributed by atoms with Gasteiger partial charge in [-0.2, -0.15) is 0 Å². The van der Waals surface area contributed by atoms with Crippen molar-refractivity contribution in [3.63, 3.8) is 0 Å². The van der Waals surface area contributed by atoms with Crippen LogP contribution in [0.15, 0.2) is 90.3 Å². The number of nitrogens with zero attached hydrogens (tertiary/aromatic N) is 1. The molecule has 0 bridgehead atoms.